The molecule has 148 valence electrons. The number of aryl methyl sites for hydroxylation is 2. The van der Waals surface area contributed by atoms with Crippen molar-refractivity contribution in [3.63, 3.8) is 0 Å². The summed E-state index contributed by atoms with van der Waals surface area (Å²) in [5.41, 5.74) is 1.55. The summed E-state index contributed by atoms with van der Waals surface area (Å²) in [6.45, 7) is 10.5. The van der Waals surface area contributed by atoms with Crippen LogP contribution in [0.3, 0.4) is 0 Å². The van der Waals surface area contributed by atoms with Gasteiger partial charge in [-0.2, -0.15) is 4.31 Å². The molecule has 1 aromatic rings. The fourth-order valence-electron chi connectivity index (χ4n) is 3.74. The average Bonchev–Trinajstić information content (AvgIpc) is 2.58. The molecule has 0 spiro atoms. The molecule has 7 heteroatoms. The zero-order valence-corrected chi connectivity index (χ0v) is 17.6. The zero-order chi connectivity index (χ0) is 19.5. The maximum atomic E-state index is 13.3. The molecule has 0 bridgehead atoms. The molecular formula is C19H32N2O4S. The molecular weight excluding hydrogens is 352 g/mol. The molecule has 1 aliphatic heterocycles. The van der Waals surface area contributed by atoms with Crippen LogP contribution in [0.25, 0.3) is 0 Å². The topological polar surface area (TPSA) is 59.1 Å². The molecule has 0 N–H and O–H groups in total. The first-order valence-corrected chi connectivity index (χ1v) is 10.6. The van der Waals surface area contributed by atoms with Crippen LogP contribution in [0.4, 0.5) is 0 Å². The van der Waals surface area contributed by atoms with Gasteiger partial charge in [-0.25, -0.2) is 8.42 Å². The van der Waals surface area contributed by atoms with Crippen molar-refractivity contribution in [1.82, 2.24) is 9.21 Å². The summed E-state index contributed by atoms with van der Waals surface area (Å²) in [6.07, 6.45) is 0.953. The fraction of sp³-hybridized carbons (Fsp3) is 0.684. The Bertz CT molecular complexity index is 708. The number of methoxy groups -OCH3 is 2. The smallest absolute Gasteiger partial charge is 0.243 e. The minimum Gasteiger partial charge on any atom is -0.496 e. The van der Waals surface area contributed by atoms with Gasteiger partial charge in [-0.1, -0.05) is 0 Å². The van der Waals surface area contributed by atoms with Gasteiger partial charge < -0.3 is 9.47 Å². The third-order valence-corrected chi connectivity index (χ3v) is 7.12. The molecule has 2 rings (SSSR count). The van der Waals surface area contributed by atoms with Gasteiger partial charge in [0.15, 0.2) is 0 Å². The molecule has 0 aromatic heterocycles. The monoisotopic (exact) mass is 384 g/mol. The summed E-state index contributed by atoms with van der Waals surface area (Å²) in [6, 6.07) is 3.87. The van der Waals surface area contributed by atoms with Crippen LogP contribution in [0.15, 0.2) is 17.0 Å². The Morgan fingerprint density at radius 3 is 2.23 bits per heavy atom. The van der Waals surface area contributed by atoms with Crippen molar-refractivity contribution in [3.05, 3.63) is 23.3 Å². The number of nitrogens with zero attached hydrogens (tertiary/aromatic N) is 2. The van der Waals surface area contributed by atoms with Gasteiger partial charge in [0.1, 0.15) is 5.75 Å². The zero-order valence-electron chi connectivity index (χ0n) is 16.8. The predicted molar refractivity (Wildman–Crippen MR) is 103 cm³/mol. The number of hydrogen-bond donors (Lipinski definition) is 0. The second-order valence-corrected chi connectivity index (χ2v) is 9.10. The second-order valence-electron chi connectivity index (χ2n) is 7.19. The third-order valence-electron chi connectivity index (χ3n) is 5.14. The van der Waals surface area contributed by atoms with Crippen LogP contribution >= 0.6 is 0 Å². The van der Waals surface area contributed by atoms with Crippen molar-refractivity contribution in [1.29, 1.82) is 0 Å². The van der Waals surface area contributed by atoms with E-state index in [9.17, 15) is 8.42 Å². The van der Waals surface area contributed by atoms with Gasteiger partial charge in [0.25, 0.3) is 0 Å². The van der Waals surface area contributed by atoms with E-state index in [4.69, 9.17) is 9.47 Å². The Morgan fingerprint density at radius 2 is 1.69 bits per heavy atom. The van der Waals surface area contributed by atoms with Crippen molar-refractivity contribution < 1.29 is 17.9 Å². The Hall–Kier alpha value is -1.15. The van der Waals surface area contributed by atoms with Gasteiger partial charge >= 0.3 is 0 Å². The summed E-state index contributed by atoms with van der Waals surface area (Å²) >= 11 is 0. The lowest BCUT2D eigenvalue weighted by molar-refractivity contribution is 0.0665. The van der Waals surface area contributed by atoms with E-state index in [1.54, 1.807) is 30.7 Å². The summed E-state index contributed by atoms with van der Waals surface area (Å²) in [4.78, 5) is 2.75. The summed E-state index contributed by atoms with van der Waals surface area (Å²) in [7, 11) is -0.224. The molecule has 1 aliphatic rings. The van der Waals surface area contributed by atoms with Crippen molar-refractivity contribution >= 4 is 10.0 Å². The minimum atomic E-state index is -3.53. The maximum absolute atomic E-state index is 13.3. The number of hydrogen-bond acceptors (Lipinski definition) is 5. The maximum Gasteiger partial charge on any atom is 0.243 e. The lowest BCUT2D eigenvalue weighted by Crippen LogP contribution is -2.58. The Morgan fingerprint density at radius 1 is 1.08 bits per heavy atom. The molecule has 1 saturated heterocycles. The summed E-state index contributed by atoms with van der Waals surface area (Å²) in [5, 5.41) is 0. The normalized spacial score (nSPS) is 22.5. The summed E-state index contributed by atoms with van der Waals surface area (Å²) < 4.78 is 38.6. The van der Waals surface area contributed by atoms with E-state index in [0.717, 1.165) is 30.7 Å². The van der Waals surface area contributed by atoms with E-state index >= 15 is 0 Å². The average molecular weight is 385 g/mol. The van der Waals surface area contributed by atoms with E-state index in [-0.39, 0.29) is 12.1 Å². The van der Waals surface area contributed by atoms with E-state index in [1.165, 1.54) is 0 Å². The molecule has 6 nitrogen and oxygen atoms in total. The predicted octanol–water partition coefficient (Wildman–Crippen LogP) is 2.43. The van der Waals surface area contributed by atoms with Gasteiger partial charge in [0.2, 0.25) is 10.0 Å². The Kier molecular flexibility index (Phi) is 7.07. The van der Waals surface area contributed by atoms with Crippen molar-refractivity contribution in [3.8, 4) is 5.75 Å². The molecule has 26 heavy (non-hydrogen) atoms. The number of piperazine rings is 1. The number of benzene rings is 1. The molecule has 1 aromatic carbocycles. The SMILES string of the molecule is COCCCN1C(C)CN(S(=O)(=O)c2cc(C)c(OC)cc2C)CC1C. The van der Waals surface area contributed by atoms with Gasteiger partial charge in [0, 0.05) is 45.4 Å². The number of sulfonamides is 1. The van der Waals surface area contributed by atoms with Crippen LogP contribution in [-0.4, -0.2) is 70.2 Å². The highest BCUT2D eigenvalue weighted by Crippen LogP contribution is 2.29. The highest BCUT2D eigenvalue weighted by molar-refractivity contribution is 7.89. The first-order valence-electron chi connectivity index (χ1n) is 9.12. The fourth-order valence-corrected chi connectivity index (χ4v) is 5.63. The van der Waals surface area contributed by atoms with Crippen LogP contribution in [0.2, 0.25) is 0 Å². The van der Waals surface area contributed by atoms with Gasteiger partial charge in [-0.3, -0.25) is 4.90 Å². The molecule has 0 amide bonds. The number of ether oxygens (including phenoxy) is 2. The minimum absolute atomic E-state index is 0.171. The highest BCUT2D eigenvalue weighted by Gasteiger charge is 2.36. The first kappa shape index (κ1) is 21.2. The second kappa shape index (κ2) is 8.69. The summed E-state index contributed by atoms with van der Waals surface area (Å²) in [5.74, 6) is 0.714. The van der Waals surface area contributed by atoms with E-state index in [0.29, 0.717) is 23.7 Å². The molecule has 2 unspecified atom stereocenters. The molecule has 0 radical (unpaired) electrons. The van der Waals surface area contributed by atoms with Gasteiger partial charge in [-0.05, 0) is 57.4 Å². The quantitative estimate of drug-likeness (QED) is 0.676. The Labute approximate surface area is 158 Å². The Balaban J connectivity index is 2.22. The van der Waals surface area contributed by atoms with Crippen LogP contribution in [-0.2, 0) is 14.8 Å². The first-order chi connectivity index (χ1) is 12.2. The number of rotatable bonds is 7. The van der Waals surface area contributed by atoms with Crippen LogP contribution in [0.1, 0.15) is 31.4 Å². The largest absolute Gasteiger partial charge is 0.496 e. The van der Waals surface area contributed by atoms with Crippen molar-refractivity contribution in [2.45, 2.75) is 51.1 Å². The molecule has 2 atom stereocenters. The van der Waals surface area contributed by atoms with Crippen LogP contribution in [0, 0.1) is 13.8 Å². The molecule has 1 heterocycles. The standard InChI is InChI=1S/C19H32N2O4S/c1-14-11-19(15(2)10-18(14)25-6)26(22,23)20-12-16(3)21(17(4)13-20)8-7-9-24-5/h10-11,16-17H,7-9,12-13H2,1-6H3. The lowest BCUT2D eigenvalue weighted by Gasteiger charge is -2.44. The van der Waals surface area contributed by atoms with E-state index < -0.39 is 10.0 Å². The molecule has 1 fully saturated rings. The van der Waals surface area contributed by atoms with Gasteiger partial charge in [-0.15, -0.1) is 0 Å². The van der Waals surface area contributed by atoms with E-state index in [2.05, 4.69) is 18.7 Å². The highest BCUT2D eigenvalue weighted by atomic mass is 32.2. The van der Waals surface area contributed by atoms with E-state index in [1.807, 2.05) is 13.8 Å². The van der Waals surface area contributed by atoms with Crippen molar-refractivity contribution in [2.24, 2.45) is 0 Å². The molecule has 0 saturated carbocycles. The third kappa shape index (κ3) is 4.39. The van der Waals surface area contributed by atoms with Gasteiger partial charge in [0.05, 0.1) is 12.0 Å². The molecule has 0 aliphatic carbocycles. The van der Waals surface area contributed by atoms with Crippen LogP contribution < -0.4 is 4.74 Å². The lowest BCUT2D eigenvalue weighted by atomic mass is 10.1. The van der Waals surface area contributed by atoms with Crippen LogP contribution in [0.5, 0.6) is 5.75 Å². The van der Waals surface area contributed by atoms with Crippen molar-refractivity contribution in [2.75, 3.05) is 40.5 Å².